The third kappa shape index (κ3) is 2.68. The van der Waals surface area contributed by atoms with Crippen molar-refractivity contribution < 1.29 is 0 Å². The number of benzene rings is 1. The van der Waals surface area contributed by atoms with Gasteiger partial charge in [-0.05, 0) is 44.4 Å². The van der Waals surface area contributed by atoms with E-state index in [0.717, 1.165) is 31.4 Å². The molecule has 1 aliphatic heterocycles. The van der Waals surface area contributed by atoms with Crippen molar-refractivity contribution in [1.82, 2.24) is 14.9 Å². The highest BCUT2D eigenvalue weighted by Gasteiger charge is 2.13. The molecule has 4 nitrogen and oxygen atoms in total. The number of nitrogens with zero attached hydrogens (tertiary/aromatic N) is 2. The molecule has 0 spiro atoms. The third-order valence-electron chi connectivity index (χ3n) is 3.85. The van der Waals surface area contributed by atoms with Crippen LogP contribution >= 0.6 is 0 Å². The van der Waals surface area contributed by atoms with Crippen LogP contribution in [-0.2, 0) is 6.54 Å². The Hall–Kier alpha value is -1.68. The van der Waals surface area contributed by atoms with Gasteiger partial charge in [-0.3, -0.25) is 9.36 Å². The van der Waals surface area contributed by atoms with Crippen molar-refractivity contribution in [3.63, 3.8) is 0 Å². The van der Waals surface area contributed by atoms with Gasteiger partial charge in [-0.2, -0.15) is 0 Å². The van der Waals surface area contributed by atoms with E-state index >= 15 is 0 Å². The lowest BCUT2D eigenvalue weighted by Gasteiger charge is -2.10. The van der Waals surface area contributed by atoms with Crippen molar-refractivity contribution in [3.05, 3.63) is 40.9 Å². The minimum Gasteiger partial charge on any atom is -0.314 e. The van der Waals surface area contributed by atoms with E-state index in [4.69, 9.17) is 0 Å². The van der Waals surface area contributed by atoms with Gasteiger partial charge in [-0.1, -0.05) is 12.1 Å². The van der Waals surface area contributed by atoms with Gasteiger partial charge in [0.15, 0.2) is 0 Å². The van der Waals surface area contributed by atoms with Crippen LogP contribution in [0.3, 0.4) is 0 Å². The minimum absolute atomic E-state index is 0.0741. The Bertz CT molecular complexity index is 614. The average molecular weight is 257 g/mol. The highest BCUT2D eigenvalue weighted by atomic mass is 16.1. The maximum Gasteiger partial charge on any atom is 0.261 e. The van der Waals surface area contributed by atoms with Crippen LogP contribution in [0, 0.1) is 0 Å². The zero-order valence-electron chi connectivity index (χ0n) is 11.0. The van der Waals surface area contributed by atoms with Crippen molar-refractivity contribution in [2.24, 2.45) is 0 Å². The summed E-state index contributed by atoms with van der Waals surface area (Å²) < 4.78 is 1.73. The first-order valence-electron chi connectivity index (χ1n) is 7.02. The van der Waals surface area contributed by atoms with Gasteiger partial charge in [0.1, 0.15) is 0 Å². The molecule has 1 atom stereocenters. The Labute approximate surface area is 112 Å². The molecule has 0 bridgehead atoms. The van der Waals surface area contributed by atoms with Crippen LogP contribution in [0.15, 0.2) is 35.4 Å². The summed E-state index contributed by atoms with van der Waals surface area (Å²) in [5.41, 5.74) is 0.853. The van der Waals surface area contributed by atoms with E-state index in [1.54, 1.807) is 10.9 Å². The first-order chi connectivity index (χ1) is 9.34. The molecule has 1 unspecified atom stereocenters. The molecule has 1 fully saturated rings. The van der Waals surface area contributed by atoms with Gasteiger partial charge in [0.05, 0.1) is 17.2 Å². The molecule has 100 valence electrons. The summed E-state index contributed by atoms with van der Waals surface area (Å²) in [6.07, 6.45) is 6.39. The van der Waals surface area contributed by atoms with Gasteiger partial charge in [0.25, 0.3) is 5.56 Å². The van der Waals surface area contributed by atoms with Crippen molar-refractivity contribution in [2.75, 3.05) is 6.54 Å². The molecule has 1 aromatic carbocycles. The monoisotopic (exact) mass is 257 g/mol. The Morgan fingerprint density at radius 2 is 2.26 bits per heavy atom. The van der Waals surface area contributed by atoms with Crippen LogP contribution in [-0.4, -0.2) is 22.1 Å². The van der Waals surface area contributed by atoms with Crippen LogP contribution in [0.2, 0.25) is 0 Å². The SMILES string of the molecule is O=c1c2ccccc2ncn1CCCC1CCCN1. The summed E-state index contributed by atoms with van der Waals surface area (Å²) in [5, 5.41) is 4.20. The molecule has 0 radical (unpaired) electrons. The molecular weight excluding hydrogens is 238 g/mol. The maximum atomic E-state index is 12.3. The number of hydrogen-bond acceptors (Lipinski definition) is 3. The third-order valence-corrected chi connectivity index (χ3v) is 3.85. The lowest BCUT2D eigenvalue weighted by atomic mass is 10.1. The summed E-state index contributed by atoms with van der Waals surface area (Å²) in [4.78, 5) is 16.6. The standard InChI is InChI=1S/C15H19N3O/c19-15-13-7-1-2-8-14(13)17-11-18(15)10-4-6-12-5-3-9-16-12/h1-2,7-8,11-12,16H,3-6,9-10H2. The molecule has 1 N–H and O–H groups in total. The van der Waals surface area contributed by atoms with Crippen molar-refractivity contribution in [1.29, 1.82) is 0 Å². The summed E-state index contributed by atoms with van der Waals surface area (Å²) in [7, 11) is 0. The predicted octanol–water partition coefficient (Wildman–Crippen LogP) is 1.93. The van der Waals surface area contributed by atoms with E-state index in [-0.39, 0.29) is 5.56 Å². The smallest absolute Gasteiger partial charge is 0.261 e. The van der Waals surface area contributed by atoms with Crippen LogP contribution in [0.25, 0.3) is 10.9 Å². The summed E-state index contributed by atoms with van der Waals surface area (Å²) in [5.74, 6) is 0. The molecule has 2 heterocycles. The normalized spacial score (nSPS) is 19.1. The van der Waals surface area contributed by atoms with E-state index in [9.17, 15) is 4.79 Å². The highest BCUT2D eigenvalue weighted by molar-refractivity contribution is 5.76. The summed E-state index contributed by atoms with van der Waals surface area (Å²) in [6.45, 7) is 1.90. The van der Waals surface area contributed by atoms with Gasteiger partial charge in [0.2, 0.25) is 0 Å². The second kappa shape index (κ2) is 5.53. The molecule has 0 amide bonds. The van der Waals surface area contributed by atoms with Crippen LogP contribution in [0.1, 0.15) is 25.7 Å². The summed E-state index contributed by atoms with van der Waals surface area (Å²) in [6, 6.07) is 8.16. The quantitative estimate of drug-likeness (QED) is 0.910. The number of aromatic nitrogens is 2. The molecule has 1 aliphatic rings. The fourth-order valence-electron chi connectivity index (χ4n) is 2.78. The number of fused-ring (bicyclic) bond motifs is 1. The molecule has 3 rings (SSSR count). The van der Waals surface area contributed by atoms with Gasteiger partial charge < -0.3 is 5.32 Å². The predicted molar refractivity (Wildman–Crippen MR) is 76.3 cm³/mol. The lowest BCUT2D eigenvalue weighted by molar-refractivity contribution is 0.496. The molecule has 19 heavy (non-hydrogen) atoms. The zero-order chi connectivity index (χ0) is 13.1. The number of aryl methyl sites for hydroxylation is 1. The van der Waals surface area contributed by atoms with E-state index in [0.29, 0.717) is 11.4 Å². The molecule has 0 aliphatic carbocycles. The first kappa shape index (κ1) is 12.4. The van der Waals surface area contributed by atoms with E-state index in [1.165, 1.54) is 12.8 Å². The average Bonchev–Trinajstić information content (AvgIpc) is 2.95. The molecule has 1 aromatic heterocycles. The molecule has 2 aromatic rings. The highest BCUT2D eigenvalue weighted by Crippen LogP contribution is 2.11. The number of hydrogen-bond donors (Lipinski definition) is 1. The number of para-hydroxylation sites is 1. The van der Waals surface area contributed by atoms with E-state index in [2.05, 4.69) is 10.3 Å². The van der Waals surface area contributed by atoms with Gasteiger partial charge in [0, 0.05) is 12.6 Å². The van der Waals surface area contributed by atoms with Crippen molar-refractivity contribution in [3.8, 4) is 0 Å². The Balaban J connectivity index is 1.70. The second-order valence-corrected chi connectivity index (χ2v) is 5.20. The molecule has 0 saturated carbocycles. The topological polar surface area (TPSA) is 46.9 Å². The first-order valence-corrected chi connectivity index (χ1v) is 7.02. The van der Waals surface area contributed by atoms with Crippen molar-refractivity contribution >= 4 is 10.9 Å². The Morgan fingerprint density at radius 3 is 3.11 bits per heavy atom. The Kier molecular flexibility index (Phi) is 3.60. The van der Waals surface area contributed by atoms with Gasteiger partial charge in [-0.15, -0.1) is 0 Å². The van der Waals surface area contributed by atoms with Crippen LogP contribution in [0.5, 0.6) is 0 Å². The second-order valence-electron chi connectivity index (χ2n) is 5.20. The van der Waals surface area contributed by atoms with E-state index < -0.39 is 0 Å². The van der Waals surface area contributed by atoms with Crippen molar-refractivity contribution in [2.45, 2.75) is 38.3 Å². The molecule has 4 heteroatoms. The largest absolute Gasteiger partial charge is 0.314 e. The maximum absolute atomic E-state index is 12.3. The fraction of sp³-hybridized carbons (Fsp3) is 0.467. The Morgan fingerprint density at radius 1 is 1.37 bits per heavy atom. The zero-order valence-corrected chi connectivity index (χ0v) is 11.0. The van der Waals surface area contributed by atoms with Gasteiger partial charge >= 0.3 is 0 Å². The van der Waals surface area contributed by atoms with Crippen LogP contribution < -0.4 is 10.9 Å². The fourth-order valence-corrected chi connectivity index (χ4v) is 2.78. The van der Waals surface area contributed by atoms with E-state index in [1.807, 2.05) is 24.3 Å². The summed E-state index contributed by atoms with van der Waals surface area (Å²) >= 11 is 0. The molecular formula is C15H19N3O. The van der Waals surface area contributed by atoms with Gasteiger partial charge in [-0.25, -0.2) is 4.98 Å². The molecule has 1 saturated heterocycles. The van der Waals surface area contributed by atoms with Crippen LogP contribution in [0.4, 0.5) is 0 Å². The minimum atomic E-state index is 0.0741. The lowest BCUT2D eigenvalue weighted by Crippen LogP contribution is -2.24. The number of rotatable bonds is 4. The number of nitrogens with one attached hydrogen (secondary N) is 1.